The van der Waals surface area contributed by atoms with Gasteiger partial charge >= 0.3 is 0 Å². The van der Waals surface area contributed by atoms with E-state index in [2.05, 4.69) is 6.07 Å². The summed E-state index contributed by atoms with van der Waals surface area (Å²) in [5.41, 5.74) is 3.64. The predicted molar refractivity (Wildman–Crippen MR) is 58.6 cm³/mol. The van der Waals surface area contributed by atoms with Crippen LogP contribution in [0.5, 0.6) is 0 Å². The molecule has 0 N–H and O–H groups in total. The number of nitrogens with zero attached hydrogens (tertiary/aromatic N) is 2. The van der Waals surface area contributed by atoms with Gasteiger partial charge in [-0.05, 0) is 25.5 Å². The van der Waals surface area contributed by atoms with Crippen LogP contribution >= 0.6 is 0 Å². The van der Waals surface area contributed by atoms with Gasteiger partial charge in [0.1, 0.15) is 13.2 Å². The molecule has 2 aromatic rings. The lowest BCUT2D eigenvalue weighted by molar-refractivity contribution is 0.173. The highest BCUT2D eigenvalue weighted by Gasteiger charge is 2.13. The maximum Gasteiger partial charge on any atom is 0.104 e. The lowest BCUT2D eigenvalue weighted by atomic mass is 10.1. The summed E-state index contributed by atoms with van der Waals surface area (Å²) >= 11 is 0. The molecule has 3 nitrogen and oxygen atoms in total. The van der Waals surface area contributed by atoms with Gasteiger partial charge in [-0.2, -0.15) is 9.99 Å². The van der Waals surface area contributed by atoms with E-state index in [4.69, 9.17) is 10.1 Å². The second-order valence-electron chi connectivity index (χ2n) is 3.57. The van der Waals surface area contributed by atoms with Crippen molar-refractivity contribution in [3.05, 3.63) is 35.0 Å². The second kappa shape index (κ2) is 3.32. The Morgan fingerprint density at radius 2 is 2.07 bits per heavy atom. The van der Waals surface area contributed by atoms with E-state index in [9.17, 15) is 0 Å². The van der Waals surface area contributed by atoms with Crippen molar-refractivity contribution in [3.63, 3.8) is 0 Å². The van der Waals surface area contributed by atoms with E-state index in [0.29, 0.717) is 5.56 Å². The summed E-state index contributed by atoms with van der Waals surface area (Å²) in [5.74, 6) is 0. The maximum atomic E-state index is 9.08. The molecule has 3 heteroatoms. The first kappa shape index (κ1) is 9.60. The molecule has 0 aliphatic carbocycles. The van der Waals surface area contributed by atoms with E-state index in [1.54, 1.807) is 11.8 Å². The molecule has 0 aliphatic heterocycles. The summed E-state index contributed by atoms with van der Waals surface area (Å²) in [6, 6.07) is 8.20. The van der Waals surface area contributed by atoms with Gasteiger partial charge in [0.25, 0.3) is 0 Å². The average Bonchev–Trinajstić information content (AvgIpc) is 2.48. The summed E-state index contributed by atoms with van der Waals surface area (Å²) < 4.78 is 1.70. The highest BCUT2D eigenvalue weighted by molar-refractivity contribution is 5.88. The fraction of sp³-hybridized carbons (Fsp3) is 0.250. The molecule has 2 rings (SSSR count). The van der Waals surface area contributed by atoms with Crippen LogP contribution in [-0.4, -0.2) is 11.8 Å². The van der Waals surface area contributed by atoms with E-state index in [0.717, 1.165) is 22.2 Å². The van der Waals surface area contributed by atoms with E-state index in [1.165, 1.54) is 0 Å². The van der Waals surface area contributed by atoms with Crippen molar-refractivity contribution >= 4 is 10.9 Å². The van der Waals surface area contributed by atoms with Crippen molar-refractivity contribution < 1.29 is 4.84 Å². The van der Waals surface area contributed by atoms with Gasteiger partial charge in [0.15, 0.2) is 0 Å². The summed E-state index contributed by atoms with van der Waals surface area (Å²) in [5, 5.41) is 10.0. The van der Waals surface area contributed by atoms with Crippen LogP contribution in [0.4, 0.5) is 0 Å². The topological polar surface area (TPSA) is 38.0 Å². The number of hydrogen-bond acceptors (Lipinski definition) is 2. The molecule has 0 atom stereocenters. The standard InChI is InChI=1S/C12H12N2O/c1-8-4-5-10-11(7-13)9(2)14(15-3)12(10)6-8/h4-6H,1-3H3. The first-order valence-corrected chi connectivity index (χ1v) is 4.75. The van der Waals surface area contributed by atoms with Gasteiger partial charge in [-0.1, -0.05) is 12.1 Å². The molecule has 0 saturated carbocycles. The fourth-order valence-corrected chi connectivity index (χ4v) is 1.87. The minimum absolute atomic E-state index is 0.687. The summed E-state index contributed by atoms with van der Waals surface area (Å²) in [4.78, 5) is 5.26. The third-order valence-corrected chi connectivity index (χ3v) is 2.60. The van der Waals surface area contributed by atoms with Crippen molar-refractivity contribution in [1.29, 1.82) is 5.26 Å². The molecular weight excluding hydrogens is 188 g/mol. The molecule has 0 saturated heterocycles. The Labute approximate surface area is 88.5 Å². The zero-order valence-corrected chi connectivity index (χ0v) is 9.03. The van der Waals surface area contributed by atoms with E-state index in [1.807, 2.05) is 32.0 Å². The Hall–Kier alpha value is -1.95. The van der Waals surface area contributed by atoms with E-state index >= 15 is 0 Å². The lowest BCUT2D eigenvalue weighted by Crippen LogP contribution is -2.07. The van der Waals surface area contributed by atoms with E-state index < -0.39 is 0 Å². The highest BCUT2D eigenvalue weighted by Crippen LogP contribution is 2.24. The number of nitriles is 1. The highest BCUT2D eigenvalue weighted by atomic mass is 16.6. The van der Waals surface area contributed by atoms with Crippen molar-refractivity contribution in [1.82, 2.24) is 4.73 Å². The third-order valence-electron chi connectivity index (χ3n) is 2.60. The molecule has 0 radical (unpaired) electrons. The van der Waals surface area contributed by atoms with Crippen LogP contribution < -0.4 is 4.84 Å². The largest absolute Gasteiger partial charge is 0.417 e. The maximum absolute atomic E-state index is 9.08. The number of hydrogen-bond donors (Lipinski definition) is 0. The Morgan fingerprint density at radius 3 is 2.67 bits per heavy atom. The molecule has 0 aliphatic rings. The minimum Gasteiger partial charge on any atom is -0.417 e. The van der Waals surface area contributed by atoms with Gasteiger partial charge in [-0.3, -0.25) is 0 Å². The Kier molecular flexibility index (Phi) is 2.12. The fourth-order valence-electron chi connectivity index (χ4n) is 1.87. The molecule has 0 bridgehead atoms. The molecule has 0 spiro atoms. The van der Waals surface area contributed by atoms with Gasteiger partial charge < -0.3 is 4.84 Å². The predicted octanol–water partition coefficient (Wildman–Crippen LogP) is 2.19. The lowest BCUT2D eigenvalue weighted by Gasteiger charge is -2.04. The minimum atomic E-state index is 0.687. The molecule has 15 heavy (non-hydrogen) atoms. The van der Waals surface area contributed by atoms with Crippen LogP contribution in [0.15, 0.2) is 18.2 Å². The van der Waals surface area contributed by atoms with Gasteiger partial charge in [0, 0.05) is 5.39 Å². The first-order chi connectivity index (χ1) is 7.19. The second-order valence-corrected chi connectivity index (χ2v) is 3.57. The first-order valence-electron chi connectivity index (χ1n) is 4.75. The molecule has 0 fully saturated rings. The Balaban J connectivity index is 2.93. The number of benzene rings is 1. The molecule has 1 aromatic heterocycles. The van der Waals surface area contributed by atoms with Crippen LogP contribution in [0.3, 0.4) is 0 Å². The molecule has 76 valence electrons. The number of aryl methyl sites for hydroxylation is 1. The summed E-state index contributed by atoms with van der Waals surface area (Å²) in [7, 11) is 1.61. The summed E-state index contributed by atoms with van der Waals surface area (Å²) in [6.45, 7) is 3.91. The monoisotopic (exact) mass is 200 g/mol. The van der Waals surface area contributed by atoms with Crippen LogP contribution in [0.25, 0.3) is 10.9 Å². The van der Waals surface area contributed by atoms with Crippen molar-refractivity contribution in [3.8, 4) is 6.07 Å². The van der Waals surface area contributed by atoms with Gasteiger partial charge in [-0.25, -0.2) is 0 Å². The number of fused-ring (bicyclic) bond motifs is 1. The average molecular weight is 200 g/mol. The Morgan fingerprint density at radius 1 is 1.33 bits per heavy atom. The zero-order chi connectivity index (χ0) is 11.0. The van der Waals surface area contributed by atoms with Gasteiger partial charge in [0.2, 0.25) is 0 Å². The quantitative estimate of drug-likeness (QED) is 0.707. The Bertz CT molecular complexity index is 561. The van der Waals surface area contributed by atoms with Crippen LogP contribution in [0.2, 0.25) is 0 Å². The van der Waals surface area contributed by atoms with E-state index in [-0.39, 0.29) is 0 Å². The number of rotatable bonds is 1. The smallest absolute Gasteiger partial charge is 0.104 e. The SMILES string of the molecule is COn1c(C)c(C#N)c2ccc(C)cc21. The molecule has 0 amide bonds. The van der Waals surface area contributed by atoms with Gasteiger partial charge in [0.05, 0.1) is 16.8 Å². The normalized spacial score (nSPS) is 10.3. The van der Waals surface area contributed by atoms with Gasteiger partial charge in [-0.15, -0.1) is 0 Å². The molecule has 1 heterocycles. The molecular formula is C12H12N2O. The van der Waals surface area contributed by atoms with Crippen molar-refractivity contribution in [2.45, 2.75) is 13.8 Å². The molecule has 1 aromatic carbocycles. The number of aromatic nitrogens is 1. The van der Waals surface area contributed by atoms with Crippen LogP contribution in [-0.2, 0) is 0 Å². The van der Waals surface area contributed by atoms with Crippen LogP contribution in [0.1, 0.15) is 16.8 Å². The van der Waals surface area contributed by atoms with Crippen LogP contribution in [0, 0.1) is 25.2 Å². The van der Waals surface area contributed by atoms with Crippen molar-refractivity contribution in [2.75, 3.05) is 7.11 Å². The molecule has 0 unspecified atom stereocenters. The third kappa shape index (κ3) is 1.26. The zero-order valence-electron chi connectivity index (χ0n) is 9.03. The summed E-state index contributed by atoms with van der Waals surface area (Å²) in [6.07, 6.45) is 0. The van der Waals surface area contributed by atoms with Crippen molar-refractivity contribution in [2.24, 2.45) is 0 Å².